The fourth-order valence-electron chi connectivity index (χ4n) is 2.50. The molecular weight excluding hydrogens is 214 g/mol. The number of benzene rings is 1. The molecule has 0 unspecified atom stereocenters. The van der Waals surface area contributed by atoms with Gasteiger partial charge in [0.2, 0.25) is 0 Å². The molecule has 1 aromatic rings. The third kappa shape index (κ3) is 2.60. The number of nitrogens with two attached hydrogens (primary N) is 1. The summed E-state index contributed by atoms with van der Waals surface area (Å²) in [4.78, 5) is 2.33. The largest absolute Gasteiger partial charge is 0.399 e. The number of piperazine rings is 1. The second kappa shape index (κ2) is 5.04. The van der Waals surface area contributed by atoms with Gasteiger partial charge in [0, 0.05) is 32.4 Å². The zero-order chi connectivity index (χ0) is 12.3. The average Bonchev–Trinajstić information content (AvgIpc) is 2.30. The summed E-state index contributed by atoms with van der Waals surface area (Å²) < 4.78 is 5.40. The molecule has 1 fully saturated rings. The molecular formula is C13H21N3O. The molecule has 0 aliphatic carbocycles. The molecule has 1 aliphatic rings. The predicted molar refractivity (Wildman–Crippen MR) is 69.9 cm³/mol. The monoisotopic (exact) mass is 235 g/mol. The van der Waals surface area contributed by atoms with Crippen molar-refractivity contribution in [2.45, 2.75) is 5.54 Å². The van der Waals surface area contributed by atoms with Gasteiger partial charge in [0.05, 0.1) is 12.1 Å². The lowest BCUT2D eigenvalue weighted by atomic mass is 9.88. The first kappa shape index (κ1) is 12.4. The Morgan fingerprint density at radius 2 is 2.12 bits per heavy atom. The molecule has 4 heteroatoms. The number of methoxy groups -OCH3 is 1. The van der Waals surface area contributed by atoms with Gasteiger partial charge in [-0.05, 0) is 24.7 Å². The van der Waals surface area contributed by atoms with Crippen LogP contribution in [0.4, 0.5) is 5.69 Å². The third-order valence-electron chi connectivity index (χ3n) is 3.35. The van der Waals surface area contributed by atoms with E-state index in [9.17, 15) is 0 Å². The molecule has 4 nitrogen and oxygen atoms in total. The topological polar surface area (TPSA) is 50.5 Å². The predicted octanol–water partition coefficient (Wildman–Crippen LogP) is 0.645. The van der Waals surface area contributed by atoms with Crippen LogP contribution in [0.2, 0.25) is 0 Å². The summed E-state index contributed by atoms with van der Waals surface area (Å²) >= 11 is 0. The van der Waals surface area contributed by atoms with Crippen LogP contribution in [0.3, 0.4) is 0 Å². The van der Waals surface area contributed by atoms with Gasteiger partial charge in [0.25, 0.3) is 0 Å². The van der Waals surface area contributed by atoms with Gasteiger partial charge in [-0.3, -0.25) is 0 Å². The van der Waals surface area contributed by atoms with Crippen LogP contribution >= 0.6 is 0 Å². The van der Waals surface area contributed by atoms with Gasteiger partial charge in [-0.1, -0.05) is 12.1 Å². The molecule has 1 aliphatic heterocycles. The molecule has 0 saturated carbocycles. The summed E-state index contributed by atoms with van der Waals surface area (Å²) in [6.07, 6.45) is 0. The van der Waals surface area contributed by atoms with Gasteiger partial charge < -0.3 is 20.7 Å². The molecule has 94 valence electrons. The fourth-order valence-corrected chi connectivity index (χ4v) is 2.50. The van der Waals surface area contributed by atoms with Crippen molar-refractivity contribution in [2.75, 3.05) is 46.1 Å². The van der Waals surface area contributed by atoms with Crippen molar-refractivity contribution in [3.8, 4) is 0 Å². The Labute approximate surface area is 103 Å². The number of nitrogens with one attached hydrogen (secondary N) is 1. The maximum absolute atomic E-state index is 5.74. The summed E-state index contributed by atoms with van der Waals surface area (Å²) in [6, 6.07) is 8.06. The van der Waals surface area contributed by atoms with Crippen LogP contribution in [0.1, 0.15) is 5.56 Å². The lowest BCUT2D eigenvalue weighted by molar-refractivity contribution is 0.0594. The Balaban J connectivity index is 2.29. The standard InChI is InChI=1S/C13H21N3O/c1-16-8-7-15-13(9-16,10-17-2)11-3-5-12(14)6-4-11/h3-6,15H,7-10,14H2,1-2H3/t13-/m1/s1. The molecule has 1 atom stereocenters. The van der Waals surface area contributed by atoms with Crippen LogP contribution < -0.4 is 11.1 Å². The first-order valence-electron chi connectivity index (χ1n) is 5.95. The van der Waals surface area contributed by atoms with E-state index in [-0.39, 0.29) is 5.54 Å². The molecule has 1 aromatic carbocycles. The molecule has 2 rings (SSSR count). The average molecular weight is 235 g/mol. The van der Waals surface area contributed by atoms with Gasteiger partial charge in [0.15, 0.2) is 0 Å². The molecule has 17 heavy (non-hydrogen) atoms. The zero-order valence-electron chi connectivity index (χ0n) is 10.6. The number of rotatable bonds is 3. The Morgan fingerprint density at radius 3 is 2.71 bits per heavy atom. The molecule has 3 N–H and O–H groups in total. The minimum Gasteiger partial charge on any atom is -0.399 e. The Morgan fingerprint density at radius 1 is 1.41 bits per heavy atom. The lowest BCUT2D eigenvalue weighted by Gasteiger charge is -2.42. The van der Waals surface area contributed by atoms with Crippen LogP contribution in [0.15, 0.2) is 24.3 Å². The van der Waals surface area contributed by atoms with E-state index in [2.05, 4.69) is 29.4 Å². The minimum atomic E-state index is -0.116. The normalized spacial score (nSPS) is 26.0. The van der Waals surface area contributed by atoms with Crippen molar-refractivity contribution in [2.24, 2.45) is 0 Å². The van der Waals surface area contributed by atoms with Crippen LogP contribution in [0.25, 0.3) is 0 Å². The van der Waals surface area contributed by atoms with E-state index in [0.717, 1.165) is 25.3 Å². The first-order valence-corrected chi connectivity index (χ1v) is 5.95. The van der Waals surface area contributed by atoms with Crippen LogP contribution in [0, 0.1) is 0 Å². The van der Waals surface area contributed by atoms with Crippen LogP contribution in [-0.4, -0.2) is 45.3 Å². The second-order valence-electron chi connectivity index (χ2n) is 4.80. The highest BCUT2D eigenvalue weighted by Gasteiger charge is 2.35. The molecule has 1 saturated heterocycles. The van der Waals surface area contributed by atoms with Crippen molar-refractivity contribution >= 4 is 5.69 Å². The Hall–Kier alpha value is -1.10. The smallest absolute Gasteiger partial charge is 0.0800 e. The molecule has 0 amide bonds. The summed E-state index contributed by atoms with van der Waals surface area (Å²) in [5.74, 6) is 0. The maximum atomic E-state index is 5.74. The van der Waals surface area contributed by atoms with E-state index >= 15 is 0 Å². The third-order valence-corrected chi connectivity index (χ3v) is 3.35. The number of anilines is 1. The zero-order valence-corrected chi connectivity index (χ0v) is 10.6. The highest BCUT2D eigenvalue weighted by atomic mass is 16.5. The first-order chi connectivity index (χ1) is 8.16. The Kier molecular flexibility index (Phi) is 3.66. The number of nitrogen functional groups attached to an aromatic ring is 1. The highest BCUT2D eigenvalue weighted by Crippen LogP contribution is 2.25. The number of ether oxygens (including phenoxy) is 1. The summed E-state index contributed by atoms with van der Waals surface area (Å²) in [5, 5.41) is 3.59. The van der Waals surface area contributed by atoms with E-state index < -0.39 is 0 Å². The minimum absolute atomic E-state index is 0.116. The van der Waals surface area contributed by atoms with Crippen molar-refractivity contribution in [3.05, 3.63) is 29.8 Å². The van der Waals surface area contributed by atoms with Crippen molar-refractivity contribution in [3.63, 3.8) is 0 Å². The van der Waals surface area contributed by atoms with Crippen molar-refractivity contribution in [1.29, 1.82) is 0 Å². The molecule has 0 bridgehead atoms. The molecule has 0 radical (unpaired) electrons. The second-order valence-corrected chi connectivity index (χ2v) is 4.80. The summed E-state index contributed by atoms with van der Waals surface area (Å²) in [5.41, 5.74) is 7.66. The van der Waals surface area contributed by atoms with Gasteiger partial charge in [-0.2, -0.15) is 0 Å². The van der Waals surface area contributed by atoms with Crippen molar-refractivity contribution < 1.29 is 4.74 Å². The van der Waals surface area contributed by atoms with Crippen molar-refractivity contribution in [1.82, 2.24) is 10.2 Å². The van der Waals surface area contributed by atoms with E-state index in [1.54, 1.807) is 7.11 Å². The van der Waals surface area contributed by atoms with E-state index in [4.69, 9.17) is 10.5 Å². The maximum Gasteiger partial charge on any atom is 0.0800 e. The van der Waals surface area contributed by atoms with Gasteiger partial charge in [0.1, 0.15) is 0 Å². The number of hydrogen-bond acceptors (Lipinski definition) is 4. The van der Waals surface area contributed by atoms with Gasteiger partial charge in [-0.15, -0.1) is 0 Å². The SMILES string of the molecule is COC[C@@]1(c2ccc(N)cc2)CN(C)CCN1. The van der Waals surface area contributed by atoms with E-state index in [1.165, 1.54) is 5.56 Å². The number of nitrogens with zero attached hydrogens (tertiary/aromatic N) is 1. The molecule has 0 aromatic heterocycles. The molecule has 1 heterocycles. The molecule has 0 spiro atoms. The fraction of sp³-hybridized carbons (Fsp3) is 0.538. The quantitative estimate of drug-likeness (QED) is 0.755. The number of likely N-dealkylation sites (N-methyl/N-ethyl adjacent to an activating group) is 1. The van der Waals surface area contributed by atoms with Gasteiger partial charge >= 0.3 is 0 Å². The lowest BCUT2D eigenvalue weighted by Crippen LogP contribution is -2.59. The Bertz CT molecular complexity index is 361. The summed E-state index contributed by atoms with van der Waals surface area (Å²) in [6.45, 7) is 3.66. The number of hydrogen-bond donors (Lipinski definition) is 2. The van der Waals surface area contributed by atoms with E-state index in [0.29, 0.717) is 6.61 Å². The van der Waals surface area contributed by atoms with E-state index in [1.807, 2.05) is 12.1 Å². The van der Waals surface area contributed by atoms with Crippen LogP contribution in [0.5, 0.6) is 0 Å². The van der Waals surface area contributed by atoms with Gasteiger partial charge in [-0.25, -0.2) is 0 Å². The summed E-state index contributed by atoms with van der Waals surface area (Å²) in [7, 11) is 3.89. The highest BCUT2D eigenvalue weighted by molar-refractivity contribution is 5.41. The van der Waals surface area contributed by atoms with Crippen LogP contribution in [-0.2, 0) is 10.3 Å².